The number of halogens is 1. The molecule has 1 aliphatic heterocycles. The first-order valence-corrected chi connectivity index (χ1v) is 6.59. The number of thioether (sulfide) groups is 1. The topological polar surface area (TPSA) is 57.0 Å². The van der Waals surface area contributed by atoms with Gasteiger partial charge in [-0.3, -0.25) is 4.79 Å². The minimum absolute atomic E-state index is 0.0495. The molecule has 0 amide bonds. The average molecular weight is 282 g/mol. The van der Waals surface area contributed by atoms with Crippen LogP contribution in [0.15, 0.2) is 29.4 Å². The molecule has 0 aliphatic carbocycles. The second kappa shape index (κ2) is 4.62. The van der Waals surface area contributed by atoms with Gasteiger partial charge in [0.15, 0.2) is 11.0 Å². The fraction of sp³-hybridized carbons (Fsp3) is 0.182. The maximum absolute atomic E-state index is 11.4. The Balaban J connectivity index is 1.73. The quantitative estimate of drug-likeness (QED) is 0.864. The van der Waals surface area contributed by atoms with E-state index in [1.54, 1.807) is 12.1 Å². The summed E-state index contributed by atoms with van der Waals surface area (Å²) in [6.45, 7) is 0.192. The van der Waals surface area contributed by atoms with E-state index < -0.39 is 0 Å². The Morgan fingerprint density at radius 2 is 2.28 bits per heavy atom. The Morgan fingerprint density at radius 3 is 3.06 bits per heavy atom. The zero-order valence-electron chi connectivity index (χ0n) is 9.17. The zero-order chi connectivity index (χ0) is 12.5. The van der Waals surface area contributed by atoms with Crippen LogP contribution in [0.5, 0.6) is 5.75 Å². The first kappa shape index (κ1) is 11.6. The van der Waals surface area contributed by atoms with E-state index in [2.05, 4.69) is 10.1 Å². The molecular formula is C11H8ClN3O2S. The van der Waals surface area contributed by atoms with Crippen molar-refractivity contribution in [2.75, 3.05) is 5.75 Å². The summed E-state index contributed by atoms with van der Waals surface area (Å²) < 4.78 is 6.82. The van der Waals surface area contributed by atoms with Crippen LogP contribution in [0.25, 0.3) is 0 Å². The summed E-state index contributed by atoms with van der Waals surface area (Å²) in [7, 11) is 0. The molecule has 0 radical (unpaired) electrons. The number of carbonyl (C=O) groups excluding carboxylic acids is 1. The van der Waals surface area contributed by atoms with E-state index in [1.807, 2.05) is 12.1 Å². The molecule has 92 valence electrons. The first-order valence-electron chi connectivity index (χ1n) is 5.23. The number of hydrogen-bond donors (Lipinski definition) is 0. The molecule has 3 rings (SSSR count). The molecule has 0 saturated heterocycles. The SMILES string of the molecule is O=C1CSc2nc(COc3ccccc3Cl)nn21. The highest BCUT2D eigenvalue weighted by molar-refractivity contribution is 8.00. The van der Waals surface area contributed by atoms with Gasteiger partial charge < -0.3 is 4.74 Å². The molecule has 0 saturated carbocycles. The van der Waals surface area contributed by atoms with Gasteiger partial charge in [-0.05, 0) is 12.1 Å². The van der Waals surface area contributed by atoms with Gasteiger partial charge in [-0.1, -0.05) is 35.5 Å². The molecule has 1 aromatic carbocycles. The molecule has 5 nitrogen and oxygen atoms in total. The van der Waals surface area contributed by atoms with Gasteiger partial charge in [-0.2, -0.15) is 4.68 Å². The molecule has 1 aliphatic rings. The summed E-state index contributed by atoms with van der Waals surface area (Å²) in [6, 6.07) is 7.18. The highest BCUT2D eigenvalue weighted by Gasteiger charge is 2.23. The lowest BCUT2D eigenvalue weighted by Crippen LogP contribution is -2.09. The number of ether oxygens (including phenoxy) is 1. The molecule has 2 heterocycles. The van der Waals surface area contributed by atoms with Crippen molar-refractivity contribution in [3.05, 3.63) is 35.1 Å². The fourth-order valence-electron chi connectivity index (χ4n) is 1.55. The van der Waals surface area contributed by atoms with E-state index in [4.69, 9.17) is 16.3 Å². The predicted octanol–water partition coefficient (Wildman–Crippen LogP) is 2.26. The number of nitrogens with zero attached hydrogens (tertiary/aromatic N) is 3. The van der Waals surface area contributed by atoms with E-state index in [0.29, 0.717) is 27.5 Å². The molecule has 0 atom stereocenters. The van der Waals surface area contributed by atoms with Crippen LogP contribution in [0.3, 0.4) is 0 Å². The van der Waals surface area contributed by atoms with Crippen molar-refractivity contribution in [2.24, 2.45) is 0 Å². The van der Waals surface area contributed by atoms with Crippen molar-refractivity contribution in [3.8, 4) is 5.75 Å². The molecule has 1 aromatic heterocycles. The van der Waals surface area contributed by atoms with Crippen LogP contribution in [-0.2, 0) is 6.61 Å². The van der Waals surface area contributed by atoms with Crippen LogP contribution < -0.4 is 4.74 Å². The normalized spacial score (nSPS) is 13.7. The number of para-hydroxylation sites is 1. The lowest BCUT2D eigenvalue weighted by atomic mass is 10.3. The van der Waals surface area contributed by atoms with Crippen molar-refractivity contribution in [3.63, 3.8) is 0 Å². The van der Waals surface area contributed by atoms with E-state index in [9.17, 15) is 4.79 Å². The highest BCUT2D eigenvalue weighted by Crippen LogP contribution is 2.25. The van der Waals surface area contributed by atoms with Crippen molar-refractivity contribution < 1.29 is 9.53 Å². The Labute approximate surface area is 112 Å². The lowest BCUT2D eigenvalue weighted by Gasteiger charge is -2.04. The summed E-state index contributed by atoms with van der Waals surface area (Å²) in [4.78, 5) is 15.6. The molecule has 18 heavy (non-hydrogen) atoms. The molecular weight excluding hydrogens is 274 g/mol. The van der Waals surface area contributed by atoms with Crippen LogP contribution in [0.4, 0.5) is 0 Å². The van der Waals surface area contributed by atoms with Gasteiger partial charge >= 0.3 is 0 Å². The molecule has 0 spiro atoms. The molecule has 0 fully saturated rings. The molecule has 7 heteroatoms. The number of rotatable bonds is 3. The van der Waals surface area contributed by atoms with Gasteiger partial charge in [0.25, 0.3) is 5.91 Å². The number of aromatic nitrogens is 3. The maximum Gasteiger partial charge on any atom is 0.259 e. The van der Waals surface area contributed by atoms with Gasteiger partial charge in [0, 0.05) is 0 Å². The Bertz CT molecular complexity index is 614. The monoisotopic (exact) mass is 281 g/mol. The summed E-state index contributed by atoms with van der Waals surface area (Å²) in [5.41, 5.74) is 0. The van der Waals surface area contributed by atoms with Crippen molar-refractivity contribution in [2.45, 2.75) is 11.8 Å². The third-order valence-corrected chi connectivity index (χ3v) is 3.60. The van der Waals surface area contributed by atoms with Crippen LogP contribution in [-0.4, -0.2) is 26.4 Å². The lowest BCUT2D eigenvalue weighted by molar-refractivity contribution is 0.0922. The third-order valence-electron chi connectivity index (χ3n) is 2.38. The summed E-state index contributed by atoms with van der Waals surface area (Å²) >= 11 is 7.34. The van der Waals surface area contributed by atoms with E-state index >= 15 is 0 Å². The average Bonchev–Trinajstić information content (AvgIpc) is 2.91. The fourth-order valence-corrected chi connectivity index (χ4v) is 2.55. The van der Waals surface area contributed by atoms with Crippen LogP contribution >= 0.6 is 23.4 Å². The third kappa shape index (κ3) is 2.09. The summed E-state index contributed by atoms with van der Waals surface area (Å²) in [5.74, 6) is 1.41. The van der Waals surface area contributed by atoms with Gasteiger partial charge in [-0.25, -0.2) is 4.98 Å². The minimum atomic E-state index is -0.0495. The summed E-state index contributed by atoms with van der Waals surface area (Å²) in [6.07, 6.45) is 0. The Kier molecular flexibility index (Phi) is 2.97. The standard InChI is InChI=1S/C11H8ClN3O2S/c12-7-3-1-2-4-8(7)17-5-9-13-11-15(14-9)10(16)6-18-11/h1-4H,5-6H2. The van der Waals surface area contributed by atoms with E-state index in [0.717, 1.165) is 0 Å². The second-order valence-electron chi connectivity index (χ2n) is 3.62. The van der Waals surface area contributed by atoms with Gasteiger partial charge in [0.05, 0.1) is 10.8 Å². The van der Waals surface area contributed by atoms with Gasteiger partial charge in [0.2, 0.25) is 0 Å². The number of benzene rings is 1. The Hall–Kier alpha value is -1.53. The number of hydrogen-bond acceptors (Lipinski definition) is 5. The second-order valence-corrected chi connectivity index (χ2v) is 4.97. The van der Waals surface area contributed by atoms with E-state index in [1.165, 1.54) is 16.4 Å². The smallest absolute Gasteiger partial charge is 0.259 e. The van der Waals surface area contributed by atoms with Crippen LogP contribution in [0.1, 0.15) is 10.6 Å². The summed E-state index contributed by atoms with van der Waals surface area (Å²) in [5, 5.41) is 5.24. The predicted molar refractivity (Wildman–Crippen MR) is 67.2 cm³/mol. The minimum Gasteiger partial charge on any atom is -0.484 e. The zero-order valence-corrected chi connectivity index (χ0v) is 10.7. The van der Waals surface area contributed by atoms with Crippen LogP contribution in [0.2, 0.25) is 5.02 Å². The largest absolute Gasteiger partial charge is 0.484 e. The van der Waals surface area contributed by atoms with Gasteiger partial charge in [-0.15, -0.1) is 5.10 Å². The molecule has 0 bridgehead atoms. The highest BCUT2D eigenvalue weighted by atomic mass is 35.5. The molecule has 0 N–H and O–H groups in total. The number of fused-ring (bicyclic) bond motifs is 1. The van der Waals surface area contributed by atoms with Crippen molar-refractivity contribution >= 4 is 29.3 Å². The first-order chi connectivity index (χ1) is 8.74. The molecule has 2 aromatic rings. The van der Waals surface area contributed by atoms with E-state index in [-0.39, 0.29) is 12.5 Å². The molecule has 0 unspecified atom stereocenters. The van der Waals surface area contributed by atoms with Crippen molar-refractivity contribution in [1.29, 1.82) is 0 Å². The van der Waals surface area contributed by atoms with Crippen molar-refractivity contribution in [1.82, 2.24) is 14.8 Å². The van der Waals surface area contributed by atoms with Gasteiger partial charge in [0.1, 0.15) is 12.4 Å². The Morgan fingerprint density at radius 1 is 1.44 bits per heavy atom. The maximum atomic E-state index is 11.4. The van der Waals surface area contributed by atoms with Crippen LogP contribution in [0, 0.1) is 0 Å². The number of carbonyl (C=O) groups is 1.